The largest absolute Gasteiger partial charge is 0.356 e. The van der Waals surface area contributed by atoms with Crippen molar-refractivity contribution in [3.05, 3.63) is 30.3 Å². The molecule has 0 fully saturated rings. The van der Waals surface area contributed by atoms with Gasteiger partial charge in [0, 0.05) is 30.8 Å². The lowest BCUT2D eigenvalue weighted by Gasteiger charge is -2.11. The van der Waals surface area contributed by atoms with Gasteiger partial charge in [0.25, 0.3) is 0 Å². The maximum Gasteiger partial charge on any atom is 0.191 e. The van der Waals surface area contributed by atoms with Crippen molar-refractivity contribution < 1.29 is 4.21 Å². The van der Waals surface area contributed by atoms with Crippen LogP contribution < -0.4 is 10.6 Å². The fraction of sp³-hybridized carbons (Fsp3) is 0.562. The molecule has 21 heavy (non-hydrogen) atoms. The van der Waals surface area contributed by atoms with Gasteiger partial charge >= 0.3 is 0 Å². The first-order valence-electron chi connectivity index (χ1n) is 7.66. The molecule has 118 valence electrons. The summed E-state index contributed by atoms with van der Waals surface area (Å²) < 4.78 is 12.1. The highest BCUT2D eigenvalue weighted by Crippen LogP contribution is 2.04. The van der Waals surface area contributed by atoms with Gasteiger partial charge in [-0.15, -0.1) is 0 Å². The highest BCUT2D eigenvalue weighted by Gasteiger charge is 2.03. The van der Waals surface area contributed by atoms with Gasteiger partial charge in [-0.1, -0.05) is 44.4 Å². The molecule has 1 rings (SSSR count). The number of guanidine groups is 1. The smallest absolute Gasteiger partial charge is 0.191 e. The number of hydrogen-bond donors (Lipinski definition) is 2. The lowest BCUT2D eigenvalue weighted by molar-refractivity contribution is 0.648. The fourth-order valence-corrected chi connectivity index (χ4v) is 2.92. The Morgan fingerprint density at radius 2 is 1.81 bits per heavy atom. The van der Waals surface area contributed by atoms with Crippen LogP contribution in [0.3, 0.4) is 0 Å². The van der Waals surface area contributed by atoms with Crippen molar-refractivity contribution in [2.24, 2.45) is 4.99 Å². The second-order valence-electron chi connectivity index (χ2n) is 4.85. The van der Waals surface area contributed by atoms with Crippen LogP contribution in [0.25, 0.3) is 0 Å². The van der Waals surface area contributed by atoms with Crippen molar-refractivity contribution in [1.29, 1.82) is 0 Å². The maximum absolute atomic E-state index is 12.1. The summed E-state index contributed by atoms with van der Waals surface area (Å²) in [6.07, 6.45) is 4.94. The summed E-state index contributed by atoms with van der Waals surface area (Å²) in [4.78, 5) is 5.05. The van der Waals surface area contributed by atoms with Crippen LogP contribution in [-0.2, 0) is 10.8 Å². The van der Waals surface area contributed by atoms with E-state index in [-0.39, 0.29) is 0 Å². The monoisotopic (exact) mass is 309 g/mol. The molecule has 0 aliphatic carbocycles. The van der Waals surface area contributed by atoms with Crippen molar-refractivity contribution in [3.8, 4) is 0 Å². The van der Waals surface area contributed by atoms with Crippen molar-refractivity contribution in [2.75, 3.05) is 25.9 Å². The zero-order valence-electron chi connectivity index (χ0n) is 13.1. The number of aliphatic imine (C=N–C) groups is 1. The topological polar surface area (TPSA) is 53.5 Å². The third-order valence-corrected chi connectivity index (χ3v) is 4.51. The third kappa shape index (κ3) is 7.85. The second-order valence-corrected chi connectivity index (χ2v) is 6.42. The molecule has 5 heteroatoms. The first-order valence-corrected chi connectivity index (χ1v) is 8.97. The fourth-order valence-electron chi connectivity index (χ4n) is 1.93. The molecule has 0 aliphatic rings. The predicted octanol–water partition coefficient (Wildman–Crippen LogP) is 2.54. The minimum atomic E-state index is -0.957. The molecule has 0 aliphatic heterocycles. The Bertz CT molecular complexity index is 434. The molecule has 0 heterocycles. The number of hydrogen-bond acceptors (Lipinski definition) is 2. The Kier molecular flexibility index (Phi) is 9.53. The predicted molar refractivity (Wildman–Crippen MR) is 91.2 cm³/mol. The van der Waals surface area contributed by atoms with Crippen LogP contribution in [0.1, 0.15) is 32.6 Å². The van der Waals surface area contributed by atoms with Crippen LogP contribution in [0.5, 0.6) is 0 Å². The molecule has 1 unspecified atom stereocenters. The molecule has 2 N–H and O–H groups in total. The van der Waals surface area contributed by atoms with Gasteiger partial charge in [-0.2, -0.15) is 0 Å². The van der Waals surface area contributed by atoms with Crippen LogP contribution in [0.2, 0.25) is 0 Å². The summed E-state index contributed by atoms with van der Waals surface area (Å²) in [5.74, 6) is 1.37. The number of benzene rings is 1. The minimum Gasteiger partial charge on any atom is -0.356 e. The van der Waals surface area contributed by atoms with Gasteiger partial charge in [-0.05, 0) is 18.6 Å². The zero-order chi connectivity index (χ0) is 15.3. The van der Waals surface area contributed by atoms with E-state index < -0.39 is 10.8 Å². The van der Waals surface area contributed by atoms with Gasteiger partial charge in [-0.25, -0.2) is 0 Å². The molecule has 0 spiro atoms. The molecule has 0 bridgehead atoms. The summed E-state index contributed by atoms with van der Waals surface area (Å²) in [5, 5.41) is 6.49. The van der Waals surface area contributed by atoms with Gasteiger partial charge in [0.1, 0.15) is 0 Å². The molecule has 4 nitrogen and oxygen atoms in total. The van der Waals surface area contributed by atoms with Gasteiger partial charge in [0.2, 0.25) is 0 Å². The average molecular weight is 309 g/mol. The Hall–Kier alpha value is -1.36. The van der Waals surface area contributed by atoms with E-state index in [9.17, 15) is 4.21 Å². The van der Waals surface area contributed by atoms with E-state index in [0.717, 1.165) is 23.8 Å². The molecule has 1 aromatic carbocycles. The van der Waals surface area contributed by atoms with Crippen molar-refractivity contribution in [3.63, 3.8) is 0 Å². The van der Waals surface area contributed by atoms with E-state index in [1.54, 1.807) is 7.05 Å². The molecule has 0 aromatic heterocycles. The third-order valence-electron chi connectivity index (χ3n) is 3.13. The minimum absolute atomic E-state index is 0.584. The summed E-state index contributed by atoms with van der Waals surface area (Å²) in [5.41, 5.74) is 0. The van der Waals surface area contributed by atoms with Gasteiger partial charge < -0.3 is 10.6 Å². The van der Waals surface area contributed by atoms with Crippen LogP contribution in [0.4, 0.5) is 0 Å². The first kappa shape index (κ1) is 17.7. The Morgan fingerprint density at radius 1 is 1.10 bits per heavy atom. The van der Waals surface area contributed by atoms with E-state index in [4.69, 9.17) is 0 Å². The Balaban J connectivity index is 2.19. The number of unbranched alkanes of at least 4 members (excludes halogenated alkanes) is 3. The molecule has 0 amide bonds. The lowest BCUT2D eigenvalue weighted by atomic mass is 10.2. The SMILES string of the molecule is CCCCCCNC(=NC)NCCS(=O)c1ccccc1. The molecule has 0 saturated heterocycles. The summed E-state index contributed by atoms with van der Waals surface area (Å²) in [6.45, 7) is 3.79. The van der Waals surface area contributed by atoms with Crippen LogP contribution in [0, 0.1) is 0 Å². The molecule has 0 radical (unpaired) electrons. The summed E-state index contributed by atoms with van der Waals surface area (Å²) >= 11 is 0. The molecular formula is C16H27N3OS. The van der Waals surface area contributed by atoms with Crippen molar-refractivity contribution >= 4 is 16.8 Å². The number of nitrogens with one attached hydrogen (secondary N) is 2. The Labute approximate surface area is 130 Å². The van der Waals surface area contributed by atoms with E-state index in [1.165, 1.54) is 19.3 Å². The Morgan fingerprint density at radius 3 is 2.48 bits per heavy atom. The molecule has 1 atom stereocenters. The molecular weight excluding hydrogens is 282 g/mol. The van der Waals surface area contributed by atoms with E-state index >= 15 is 0 Å². The summed E-state index contributed by atoms with van der Waals surface area (Å²) in [6, 6.07) is 9.56. The first-order chi connectivity index (χ1) is 10.3. The zero-order valence-corrected chi connectivity index (χ0v) is 13.9. The van der Waals surface area contributed by atoms with Crippen LogP contribution >= 0.6 is 0 Å². The highest BCUT2D eigenvalue weighted by molar-refractivity contribution is 7.85. The quantitative estimate of drug-likeness (QED) is 0.419. The highest BCUT2D eigenvalue weighted by atomic mass is 32.2. The summed E-state index contributed by atoms with van der Waals surface area (Å²) in [7, 11) is 0.802. The van der Waals surface area contributed by atoms with Crippen LogP contribution in [0.15, 0.2) is 40.2 Å². The lowest BCUT2D eigenvalue weighted by Crippen LogP contribution is -2.39. The second kappa shape index (κ2) is 11.3. The average Bonchev–Trinajstić information content (AvgIpc) is 2.53. The molecule has 0 saturated carbocycles. The standard InChI is InChI=1S/C16H27N3OS/c1-3-4-5-9-12-18-16(17-2)19-13-14-21(20)15-10-7-6-8-11-15/h6-8,10-11H,3-5,9,12-14H2,1-2H3,(H2,17,18,19). The normalized spacial score (nSPS) is 13.0. The van der Waals surface area contributed by atoms with Crippen molar-refractivity contribution in [1.82, 2.24) is 10.6 Å². The van der Waals surface area contributed by atoms with Crippen LogP contribution in [-0.4, -0.2) is 36.1 Å². The van der Waals surface area contributed by atoms with E-state index in [0.29, 0.717) is 12.3 Å². The van der Waals surface area contributed by atoms with Gasteiger partial charge in [0.05, 0.1) is 10.8 Å². The van der Waals surface area contributed by atoms with Crippen molar-refractivity contribution in [2.45, 2.75) is 37.5 Å². The molecule has 1 aromatic rings. The van der Waals surface area contributed by atoms with E-state index in [2.05, 4.69) is 22.5 Å². The van der Waals surface area contributed by atoms with E-state index in [1.807, 2.05) is 30.3 Å². The number of rotatable bonds is 9. The van der Waals surface area contributed by atoms with Gasteiger partial charge in [-0.3, -0.25) is 9.20 Å². The number of nitrogens with zero attached hydrogens (tertiary/aromatic N) is 1. The maximum atomic E-state index is 12.1. The van der Waals surface area contributed by atoms with Gasteiger partial charge in [0.15, 0.2) is 5.96 Å².